The van der Waals surface area contributed by atoms with Crippen LogP contribution in [-0.4, -0.2) is 33.7 Å². The fraction of sp³-hybridized carbons (Fsp3) is 0.450. The molecule has 1 amide bonds. The van der Waals surface area contributed by atoms with Crippen LogP contribution in [0, 0.1) is 23.7 Å². The molecule has 0 aromatic carbocycles. The highest BCUT2D eigenvalue weighted by Crippen LogP contribution is 2.44. The minimum absolute atomic E-state index is 0.164. The van der Waals surface area contributed by atoms with Crippen LogP contribution in [0.25, 0.3) is 0 Å². The molecule has 5 nitrogen and oxygen atoms in total. The third-order valence-corrected chi connectivity index (χ3v) is 4.66. The van der Waals surface area contributed by atoms with Crippen LogP contribution in [0.4, 0.5) is 4.79 Å². The molecule has 1 aromatic heterocycles. The van der Waals surface area contributed by atoms with E-state index in [0.717, 1.165) is 5.56 Å². The zero-order valence-electron chi connectivity index (χ0n) is 14.7. The zero-order valence-corrected chi connectivity index (χ0v) is 14.7. The van der Waals surface area contributed by atoms with E-state index < -0.39 is 11.0 Å². The van der Waals surface area contributed by atoms with E-state index in [1.54, 1.807) is 17.3 Å². The number of aromatic nitrogens is 1. The molecule has 0 spiro atoms. The number of pyridine rings is 1. The quantitative estimate of drug-likeness (QED) is 0.584. The van der Waals surface area contributed by atoms with E-state index >= 15 is 0 Å². The number of fused-ring (bicyclic) bond motifs is 2. The van der Waals surface area contributed by atoms with Gasteiger partial charge < -0.3 is 4.74 Å². The van der Waals surface area contributed by atoms with Gasteiger partial charge in [-0.3, -0.25) is 9.88 Å². The molecule has 0 radical (unpaired) electrons. The maximum Gasteiger partial charge on any atom is 0.411 e. The average molecular weight is 335 g/mol. The fourth-order valence-electron chi connectivity index (χ4n) is 3.58. The molecule has 3 atom stereocenters. The summed E-state index contributed by atoms with van der Waals surface area (Å²) in [4.78, 5) is 18.5. The lowest BCUT2D eigenvalue weighted by atomic mass is 9.71. The summed E-state index contributed by atoms with van der Waals surface area (Å²) in [5.74, 6) is 2.57. The lowest BCUT2D eigenvalue weighted by molar-refractivity contribution is 0.00562. The summed E-state index contributed by atoms with van der Waals surface area (Å²) in [5, 5.41) is 9.94. The molecule has 128 valence electrons. The van der Waals surface area contributed by atoms with E-state index in [-0.39, 0.29) is 18.2 Å². The van der Waals surface area contributed by atoms with E-state index in [9.17, 15) is 10.1 Å². The fourth-order valence-corrected chi connectivity index (χ4v) is 3.58. The van der Waals surface area contributed by atoms with E-state index in [1.165, 1.54) is 0 Å². The number of hydrogen-bond acceptors (Lipinski definition) is 4. The standard InChI is InChI=1S/C20H21N3O2/c1-5-14-8-15(12-22-11-14)20(13-21)9-16-6-7-17(10-20)23(16)18(24)25-19(2,3)4/h1,6-8,11-12,16-17H,9-10H2,2-4H3/t16-,17+,20?. The molecule has 25 heavy (non-hydrogen) atoms. The first-order valence-corrected chi connectivity index (χ1v) is 8.31. The van der Waals surface area contributed by atoms with Crippen molar-refractivity contribution in [2.24, 2.45) is 0 Å². The third kappa shape index (κ3) is 3.10. The van der Waals surface area contributed by atoms with Crippen molar-refractivity contribution in [1.82, 2.24) is 9.88 Å². The number of piperidine rings is 1. The summed E-state index contributed by atoms with van der Waals surface area (Å²) in [6.45, 7) is 5.54. The molecular weight excluding hydrogens is 314 g/mol. The molecule has 0 N–H and O–H groups in total. The van der Waals surface area contributed by atoms with Gasteiger partial charge in [0, 0.05) is 18.0 Å². The Kier molecular flexibility index (Phi) is 4.05. The highest BCUT2D eigenvalue weighted by atomic mass is 16.6. The first-order chi connectivity index (χ1) is 11.8. The Morgan fingerprint density at radius 3 is 2.52 bits per heavy atom. The van der Waals surface area contributed by atoms with Crippen LogP contribution >= 0.6 is 0 Å². The van der Waals surface area contributed by atoms with Crippen LogP contribution in [-0.2, 0) is 10.2 Å². The minimum Gasteiger partial charge on any atom is -0.444 e. The van der Waals surface area contributed by atoms with Gasteiger partial charge in [-0.15, -0.1) is 6.42 Å². The highest BCUT2D eigenvalue weighted by molar-refractivity contribution is 5.71. The molecule has 2 aliphatic heterocycles. The molecule has 1 fully saturated rings. The summed E-state index contributed by atoms with van der Waals surface area (Å²) >= 11 is 0. The van der Waals surface area contributed by atoms with Crippen LogP contribution < -0.4 is 0 Å². The molecule has 1 unspecified atom stereocenters. The number of terminal acetylenes is 1. The van der Waals surface area contributed by atoms with E-state index in [1.807, 2.05) is 39.0 Å². The Balaban J connectivity index is 1.88. The third-order valence-electron chi connectivity index (χ3n) is 4.66. The van der Waals surface area contributed by atoms with Gasteiger partial charge in [-0.05, 0) is 45.2 Å². The summed E-state index contributed by atoms with van der Waals surface area (Å²) in [5.41, 5.74) is 0.206. The van der Waals surface area contributed by atoms with Crippen molar-refractivity contribution in [3.8, 4) is 18.4 Å². The Labute approximate surface area is 148 Å². The molecule has 2 bridgehead atoms. The first-order valence-electron chi connectivity index (χ1n) is 8.31. The highest BCUT2D eigenvalue weighted by Gasteiger charge is 2.50. The summed E-state index contributed by atoms with van der Waals surface area (Å²) in [6.07, 6.45) is 13.4. The van der Waals surface area contributed by atoms with Gasteiger partial charge in [-0.2, -0.15) is 5.26 Å². The van der Waals surface area contributed by atoms with Crippen molar-refractivity contribution in [2.75, 3.05) is 0 Å². The zero-order chi connectivity index (χ0) is 18.2. The summed E-state index contributed by atoms with van der Waals surface area (Å²) in [6, 6.07) is 3.98. The lowest BCUT2D eigenvalue weighted by Gasteiger charge is -2.43. The SMILES string of the molecule is C#Cc1cncc(C2(C#N)C[C@H]3C=C[C@@H](C2)N3C(=O)OC(C)(C)C)c1. The van der Waals surface area contributed by atoms with Gasteiger partial charge in [0.15, 0.2) is 0 Å². The maximum absolute atomic E-state index is 12.6. The van der Waals surface area contributed by atoms with E-state index in [0.29, 0.717) is 18.4 Å². The van der Waals surface area contributed by atoms with Gasteiger partial charge in [0.05, 0.1) is 23.6 Å². The van der Waals surface area contributed by atoms with Gasteiger partial charge >= 0.3 is 6.09 Å². The van der Waals surface area contributed by atoms with Gasteiger partial charge in [0.1, 0.15) is 5.60 Å². The molecule has 1 aromatic rings. The van der Waals surface area contributed by atoms with Gasteiger partial charge in [0.2, 0.25) is 0 Å². The second-order valence-corrected chi connectivity index (χ2v) is 7.62. The summed E-state index contributed by atoms with van der Waals surface area (Å²) in [7, 11) is 0. The van der Waals surface area contributed by atoms with Crippen molar-refractivity contribution < 1.29 is 9.53 Å². The predicted molar refractivity (Wildman–Crippen MR) is 93.5 cm³/mol. The minimum atomic E-state index is -0.711. The molecule has 2 aliphatic rings. The smallest absolute Gasteiger partial charge is 0.411 e. The molecule has 0 aliphatic carbocycles. The normalized spacial score (nSPS) is 27.5. The number of rotatable bonds is 1. The van der Waals surface area contributed by atoms with Crippen LogP contribution in [0.3, 0.4) is 0 Å². The largest absolute Gasteiger partial charge is 0.444 e. The van der Waals surface area contributed by atoms with Crippen LogP contribution in [0.2, 0.25) is 0 Å². The second-order valence-electron chi connectivity index (χ2n) is 7.62. The Morgan fingerprint density at radius 1 is 1.36 bits per heavy atom. The van der Waals surface area contributed by atoms with Crippen molar-refractivity contribution >= 4 is 6.09 Å². The molecule has 3 rings (SSSR count). The van der Waals surface area contributed by atoms with Crippen molar-refractivity contribution in [3.63, 3.8) is 0 Å². The molecular formula is C20H21N3O2. The molecule has 0 saturated carbocycles. The Bertz CT molecular complexity index is 791. The van der Waals surface area contributed by atoms with Crippen molar-refractivity contribution in [1.29, 1.82) is 5.26 Å². The number of ether oxygens (including phenoxy) is 1. The van der Waals surface area contributed by atoms with Gasteiger partial charge in [-0.25, -0.2) is 4.79 Å². The van der Waals surface area contributed by atoms with Gasteiger partial charge in [-0.1, -0.05) is 18.1 Å². The molecule has 3 heterocycles. The number of nitriles is 1. The average Bonchev–Trinajstić information content (AvgIpc) is 2.85. The number of hydrogen-bond donors (Lipinski definition) is 0. The second kappa shape index (κ2) is 5.93. The van der Waals surface area contributed by atoms with Crippen LogP contribution in [0.15, 0.2) is 30.6 Å². The van der Waals surface area contributed by atoms with Crippen LogP contribution in [0.1, 0.15) is 44.7 Å². The maximum atomic E-state index is 12.6. The van der Waals surface area contributed by atoms with E-state index in [4.69, 9.17) is 11.2 Å². The number of amides is 1. The van der Waals surface area contributed by atoms with E-state index in [2.05, 4.69) is 17.0 Å². The number of carbonyl (C=O) groups is 1. The monoisotopic (exact) mass is 335 g/mol. The van der Waals surface area contributed by atoms with Crippen molar-refractivity contribution in [3.05, 3.63) is 41.7 Å². The summed E-state index contributed by atoms with van der Waals surface area (Å²) < 4.78 is 5.53. The predicted octanol–water partition coefficient (Wildman–Crippen LogP) is 3.16. The number of nitrogens with zero attached hydrogens (tertiary/aromatic N) is 3. The van der Waals surface area contributed by atoms with Crippen LogP contribution in [0.5, 0.6) is 0 Å². The molecule has 1 saturated heterocycles. The first kappa shape index (κ1) is 17.0. The molecule has 5 heteroatoms. The Hall–Kier alpha value is -2.79. The topological polar surface area (TPSA) is 66.2 Å². The number of carbonyl (C=O) groups excluding carboxylic acids is 1. The van der Waals surface area contributed by atoms with Crippen molar-refractivity contribution in [2.45, 2.75) is 56.7 Å². The van der Waals surface area contributed by atoms with Gasteiger partial charge in [0.25, 0.3) is 0 Å². The lowest BCUT2D eigenvalue weighted by Crippen LogP contribution is -2.53. The Morgan fingerprint density at radius 2 is 2.00 bits per heavy atom.